The van der Waals surface area contributed by atoms with Crippen LogP contribution in [-0.2, 0) is 24.4 Å². The maximum Gasteiger partial charge on any atom is 0.337 e. The number of hydrogen-bond acceptors (Lipinski definition) is 8. The number of benzene rings is 2. The van der Waals surface area contributed by atoms with E-state index in [0.717, 1.165) is 56.1 Å². The van der Waals surface area contributed by atoms with Crippen molar-refractivity contribution in [2.75, 3.05) is 24.6 Å². The van der Waals surface area contributed by atoms with E-state index < -0.39 is 11.8 Å². The van der Waals surface area contributed by atoms with E-state index in [0.29, 0.717) is 36.1 Å². The molecule has 3 unspecified atom stereocenters. The highest BCUT2D eigenvalue weighted by atomic mass is 35.5. The van der Waals surface area contributed by atoms with E-state index >= 15 is 0 Å². The molecule has 3 fully saturated rings. The first-order valence-corrected chi connectivity index (χ1v) is 15.1. The highest BCUT2D eigenvalue weighted by Crippen LogP contribution is 2.37. The Hall–Kier alpha value is -4.24. The summed E-state index contributed by atoms with van der Waals surface area (Å²) in [4.78, 5) is 26.2. The first-order chi connectivity index (χ1) is 21.4. The lowest BCUT2D eigenvalue weighted by Crippen LogP contribution is -2.64. The SMILES string of the molecule is N#Cc1ccc(COc2cccc(N3CCN(Cc4nc5cc(Cl)c(C(=O)O)cc5n4CC4CCO4)C4CCC43)n2)c(F)c1. The van der Waals surface area contributed by atoms with Crippen molar-refractivity contribution >= 4 is 34.4 Å². The Bertz CT molecular complexity index is 1790. The first-order valence-electron chi connectivity index (χ1n) is 14.7. The number of ether oxygens (including phenoxy) is 2. The fourth-order valence-corrected chi connectivity index (χ4v) is 6.57. The quantitative estimate of drug-likeness (QED) is 0.277. The van der Waals surface area contributed by atoms with Crippen LogP contribution in [0.15, 0.2) is 48.5 Å². The number of nitriles is 1. The van der Waals surface area contributed by atoms with Crippen LogP contribution in [0.2, 0.25) is 5.02 Å². The average molecular weight is 617 g/mol. The molecule has 3 aliphatic rings. The minimum atomic E-state index is -1.07. The van der Waals surface area contributed by atoms with Gasteiger partial charge in [0.2, 0.25) is 5.88 Å². The van der Waals surface area contributed by atoms with Crippen molar-refractivity contribution in [3.63, 3.8) is 0 Å². The third-order valence-electron chi connectivity index (χ3n) is 8.93. The van der Waals surface area contributed by atoms with Crippen molar-refractivity contribution in [3.05, 3.63) is 81.9 Å². The molecule has 7 rings (SSSR count). The molecule has 2 aromatic heterocycles. The third kappa shape index (κ3) is 5.34. The van der Waals surface area contributed by atoms with E-state index in [1.54, 1.807) is 30.3 Å². The van der Waals surface area contributed by atoms with Crippen LogP contribution < -0.4 is 9.64 Å². The first kappa shape index (κ1) is 28.5. The lowest BCUT2D eigenvalue weighted by atomic mass is 9.81. The third-order valence-corrected chi connectivity index (χ3v) is 9.24. The van der Waals surface area contributed by atoms with Gasteiger partial charge in [-0.25, -0.2) is 14.2 Å². The summed E-state index contributed by atoms with van der Waals surface area (Å²) in [5.74, 6) is 0.562. The van der Waals surface area contributed by atoms with E-state index in [1.807, 2.05) is 18.2 Å². The Morgan fingerprint density at radius 1 is 1.14 bits per heavy atom. The average Bonchev–Trinajstić information content (AvgIpc) is 3.29. The molecule has 0 spiro atoms. The predicted molar refractivity (Wildman–Crippen MR) is 160 cm³/mol. The summed E-state index contributed by atoms with van der Waals surface area (Å²) in [7, 11) is 0. The zero-order valence-corrected chi connectivity index (χ0v) is 24.6. The van der Waals surface area contributed by atoms with E-state index in [-0.39, 0.29) is 34.9 Å². The van der Waals surface area contributed by atoms with E-state index in [1.165, 1.54) is 6.07 Å². The maximum absolute atomic E-state index is 14.3. The van der Waals surface area contributed by atoms with Crippen LogP contribution >= 0.6 is 11.6 Å². The summed E-state index contributed by atoms with van der Waals surface area (Å²) in [6.07, 6.45) is 3.13. The highest BCUT2D eigenvalue weighted by Gasteiger charge is 2.44. The summed E-state index contributed by atoms with van der Waals surface area (Å²) in [6.45, 7) is 3.56. The molecule has 0 bridgehead atoms. The molecule has 12 heteroatoms. The molecule has 0 radical (unpaired) electrons. The monoisotopic (exact) mass is 616 g/mol. The summed E-state index contributed by atoms with van der Waals surface area (Å²) >= 11 is 6.29. The van der Waals surface area contributed by atoms with E-state index in [4.69, 9.17) is 36.3 Å². The van der Waals surface area contributed by atoms with Gasteiger partial charge in [-0.1, -0.05) is 23.7 Å². The topological polar surface area (TPSA) is 117 Å². The number of pyridine rings is 1. The van der Waals surface area contributed by atoms with Crippen LogP contribution in [0, 0.1) is 17.1 Å². The van der Waals surface area contributed by atoms with Gasteiger partial charge in [0.15, 0.2) is 0 Å². The zero-order valence-electron chi connectivity index (χ0n) is 23.8. The Morgan fingerprint density at radius 2 is 1.98 bits per heavy atom. The second-order valence-corrected chi connectivity index (χ2v) is 11.9. The maximum atomic E-state index is 14.3. The number of imidazole rings is 1. The molecule has 4 aromatic rings. The minimum absolute atomic E-state index is 0.0138. The summed E-state index contributed by atoms with van der Waals surface area (Å²) in [6, 6.07) is 15.8. The van der Waals surface area contributed by atoms with Gasteiger partial charge >= 0.3 is 5.97 Å². The Labute approximate surface area is 258 Å². The molecule has 1 aliphatic carbocycles. The molecule has 10 nitrogen and oxygen atoms in total. The van der Waals surface area contributed by atoms with Gasteiger partial charge < -0.3 is 24.0 Å². The molecule has 1 N–H and O–H groups in total. The van der Waals surface area contributed by atoms with Crippen molar-refractivity contribution in [3.8, 4) is 11.9 Å². The van der Waals surface area contributed by atoms with Gasteiger partial charge in [0, 0.05) is 43.4 Å². The fourth-order valence-electron chi connectivity index (χ4n) is 6.33. The number of aromatic carboxylic acids is 1. The van der Waals surface area contributed by atoms with Gasteiger partial charge in [0.1, 0.15) is 24.1 Å². The molecule has 2 aromatic carbocycles. The molecule has 44 heavy (non-hydrogen) atoms. The number of anilines is 1. The number of fused-ring (bicyclic) bond motifs is 2. The van der Waals surface area contributed by atoms with Crippen molar-refractivity contribution in [2.24, 2.45) is 0 Å². The van der Waals surface area contributed by atoms with Crippen LogP contribution in [0.4, 0.5) is 10.2 Å². The Balaban J connectivity index is 1.07. The standard InChI is InChI=1S/C32H30ClFN6O4/c33-23-14-25-28(13-22(23)32(41)42)40(16-21-8-11-43-21)30(36-25)17-38-9-10-39(27-7-6-26(27)38)29-2-1-3-31(37-29)44-18-20-5-4-19(15-35)12-24(20)34/h1-5,12-14,21,26-27H,6-11,16-18H2,(H,41,42). The summed E-state index contributed by atoms with van der Waals surface area (Å²) in [5.41, 5.74) is 2.12. The van der Waals surface area contributed by atoms with Gasteiger partial charge in [0.25, 0.3) is 0 Å². The number of aromatic nitrogens is 3. The van der Waals surface area contributed by atoms with Crippen molar-refractivity contribution in [1.29, 1.82) is 5.26 Å². The molecule has 2 saturated heterocycles. The molecule has 0 amide bonds. The van der Waals surface area contributed by atoms with Crippen LogP contribution in [0.25, 0.3) is 11.0 Å². The number of halogens is 2. The lowest BCUT2D eigenvalue weighted by Gasteiger charge is -2.54. The van der Waals surface area contributed by atoms with Crippen LogP contribution in [0.5, 0.6) is 5.88 Å². The minimum Gasteiger partial charge on any atom is -0.478 e. The van der Waals surface area contributed by atoms with E-state index in [2.05, 4.69) is 14.4 Å². The molecule has 4 heterocycles. The number of rotatable bonds is 9. The fraction of sp³-hybridized carbons (Fsp3) is 0.375. The van der Waals surface area contributed by atoms with Crippen molar-refractivity contribution in [1.82, 2.24) is 19.4 Å². The lowest BCUT2D eigenvalue weighted by molar-refractivity contribution is -0.0594. The number of piperazine rings is 1. The van der Waals surface area contributed by atoms with Crippen LogP contribution in [-0.4, -0.2) is 68.4 Å². The van der Waals surface area contributed by atoms with Gasteiger partial charge in [0.05, 0.1) is 52.4 Å². The Kier molecular flexibility index (Phi) is 7.58. The molecule has 3 atom stereocenters. The van der Waals surface area contributed by atoms with Crippen molar-refractivity contribution < 1.29 is 23.8 Å². The Morgan fingerprint density at radius 3 is 2.68 bits per heavy atom. The number of carboxylic acid groups (broad SMARTS) is 1. The largest absolute Gasteiger partial charge is 0.478 e. The van der Waals surface area contributed by atoms with Crippen molar-refractivity contribution in [2.45, 2.75) is 57.1 Å². The predicted octanol–water partition coefficient (Wildman–Crippen LogP) is 5.01. The zero-order chi connectivity index (χ0) is 30.4. The molecule has 2 aliphatic heterocycles. The van der Waals surface area contributed by atoms with Gasteiger partial charge in [-0.15, -0.1) is 0 Å². The molecule has 226 valence electrons. The number of carboxylic acids is 1. The van der Waals surface area contributed by atoms with Gasteiger partial charge in [-0.2, -0.15) is 10.2 Å². The number of hydrogen-bond donors (Lipinski definition) is 1. The van der Waals surface area contributed by atoms with Gasteiger partial charge in [-0.3, -0.25) is 4.90 Å². The number of nitrogens with zero attached hydrogens (tertiary/aromatic N) is 6. The van der Waals surface area contributed by atoms with Crippen LogP contribution in [0.3, 0.4) is 0 Å². The summed E-state index contributed by atoms with van der Waals surface area (Å²) in [5, 5.41) is 18.8. The number of carbonyl (C=O) groups is 1. The molecule has 1 saturated carbocycles. The molecular formula is C32H30ClFN6O4. The summed E-state index contributed by atoms with van der Waals surface area (Å²) < 4.78 is 28.0. The normalized spacial score (nSPS) is 21.3. The van der Waals surface area contributed by atoms with E-state index in [9.17, 15) is 14.3 Å². The van der Waals surface area contributed by atoms with Crippen LogP contribution in [0.1, 0.15) is 46.6 Å². The second kappa shape index (κ2) is 11.7. The van der Waals surface area contributed by atoms with Gasteiger partial charge in [-0.05, 0) is 49.6 Å². The second-order valence-electron chi connectivity index (χ2n) is 11.5. The highest BCUT2D eigenvalue weighted by molar-refractivity contribution is 6.34. The molecular weight excluding hydrogens is 587 g/mol. The smallest absolute Gasteiger partial charge is 0.337 e.